The molecule has 0 aliphatic carbocycles. The minimum Gasteiger partial charge on any atom is -0.412 e. The van der Waals surface area contributed by atoms with E-state index in [4.69, 9.17) is 83.8 Å². The third kappa shape index (κ3) is 258. The van der Waals surface area contributed by atoms with Gasteiger partial charge in [0.2, 0.25) is 0 Å². The minimum absolute atomic E-state index is 0. The van der Waals surface area contributed by atoms with Gasteiger partial charge in [-0.2, -0.15) is 0 Å². The zero-order chi connectivity index (χ0) is 30.8. The van der Waals surface area contributed by atoms with E-state index in [1.54, 1.807) is 0 Å². The summed E-state index contributed by atoms with van der Waals surface area (Å²) in [6.45, 7) is 0. The molecule has 0 unspecified atom stereocenters. The monoisotopic (exact) mass is 691 g/mol. The normalized spacial score (nSPS) is 7.35. The molecule has 0 aromatic carbocycles. The van der Waals surface area contributed by atoms with Crippen LogP contribution in [0.3, 0.4) is 0 Å². The average molecular weight is 691 g/mol. The summed E-state index contributed by atoms with van der Waals surface area (Å²) in [5.41, 5.74) is 0. The fourth-order valence-electron chi connectivity index (χ4n) is 0.122. The summed E-state index contributed by atoms with van der Waals surface area (Å²) in [5, 5.41) is 158. The van der Waals surface area contributed by atoms with Crippen LogP contribution in [0.5, 0.6) is 0 Å². The van der Waals surface area contributed by atoms with Gasteiger partial charge in [-0.15, -0.1) is 0 Å². The van der Waals surface area contributed by atoms with Gasteiger partial charge in [-0.25, -0.2) is 63.1 Å². The van der Waals surface area contributed by atoms with Gasteiger partial charge in [0.05, 0.1) is 0 Å². The van der Waals surface area contributed by atoms with E-state index in [0.717, 1.165) is 0 Å². The fourth-order valence-corrected chi connectivity index (χ4v) is 0.122. The first kappa shape index (κ1) is 71.4. The molecule has 0 bridgehead atoms. The maximum atomic E-state index is 7.28. The van der Waals surface area contributed by atoms with Gasteiger partial charge in [-0.3, -0.25) is 0 Å². The summed E-state index contributed by atoms with van der Waals surface area (Å²) in [6.07, 6.45) is 0. The van der Waals surface area contributed by atoms with Crippen LogP contribution >= 0.6 is 0 Å². The molecular weight excluding hydrogens is 674 g/mol. The van der Waals surface area contributed by atoms with E-state index in [1.807, 2.05) is 0 Å². The van der Waals surface area contributed by atoms with Gasteiger partial charge in [0.25, 0.3) is 0 Å². The average Bonchev–Trinajstić information content (AvgIpc) is 2.94. The second-order valence-corrected chi connectivity index (χ2v) is 1.51. The van der Waals surface area contributed by atoms with Gasteiger partial charge in [-0.05, 0) is 101 Å². The first-order valence-electron chi connectivity index (χ1n) is 5.06. The van der Waals surface area contributed by atoms with Gasteiger partial charge in [0.1, 0.15) is 0 Å². The molecular formula is H17FeN3O36. The van der Waals surface area contributed by atoms with Crippen molar-refractivity contribution in [2.45, 2.75) is 0 Å². The van der Waals surface area contributed by atoms with Crippen LogP contribution in [0, 0.1) is 20.7 Å². The van der Waals surface area contributed by atoms with Gasteiger partial charge >= 0.3 is 0 Å². The molecule has 0 heterocycles. The molecule has 0 spiro atoms. The minimum atomic E-state index is 0. The fraction of sp³-hybridized carbons (Fsp3) is 0. The second-order valence-electron chi connectivity index (χ2n) is 1.51. The van der Waals surface area contributed by atoms with Gasteiger partial charge < -0.3 is 11.6 Å². The quantitative estimate of drug-likeness (QED) is 0.0293. The summed E-state index contributed by atoms with van der Waals surface area (Å²) in [6, 6.07) is 0. The Labute approximate surface area is 219 Å². The van der Waals surface area contributed by atoms with Crippen LogP contribution in [0.2, 0.25) is 0 Å². The molecule has 0 aromatic heterocycles. The molecule has 0 saturated heterocycles. The number of nitrogens with zero attached hydrogens (tertiary/aromatic N) is 2. The zero-order valence-corrected chi connectivity index (χ0v) is 18.3. The van der Waals surface area contributed by atoms with Crippen molar-refractivity contribution >= 4 is 0 Å². The van der Waals surface area contributed by atoms with Crippen LogP contribution in [-0.4, -0.2) is 68.6 Å². The van der Waals surface area contributed by atoms with E-state index in [1.165, 1.54) is 0 Å². The topological polar surface area (TPSA) is 585 Å². The Kier molecular flexibility index (Phi) is 236. The molecule has 0 aliphatic rings. The van der Waals surface area contributed by atoms with Crippen molar-refractivity contribution < 1.29 is 191 Å². The molecule has 0 atom stereocenters. The zero-order valence-electron chi connectivity index (χ0n) is 17.2. The Morgan fingerprint density at radius 1 is 0.325 bits per heavy atom. The maximum Gasteiger partial charge on any atom is 0 e. The van der Waals surface area contributed by atoms with E-state index in [-0.39, 0.29) is 28.7 Å². The smallest absolute Gasteiger partial charge is 0 e. The summed E-state index contributed by atoms with van der Waals surface area (Å²) in [4.78, 5) is 14.0. The van der Waals surface area contributed by atoms with Crippen molar-refractivity contribution in [3.05, 3.63) is 9.93 Å². The standard InChI is InChI=1S/Fe.N2.H3N.H2O8.H2O7.H2O6.H2O5.H2O4.H2O3.O2.H2O/c;1-2;;1-3-5-7-8-6-4-2;1-3-5-7-6-4-2;1-3-5-6-4-2;1-3-5-4-2;1-3-4-2;1-3-2;1-2;/h;;1H3;1-2H;1-2H;1-2H;1-2H;1-2H;1-2H;;1H2. The Morgan fingerprint density at radius 3 is 0.550 bits per heavy atom. The molecule has 0 fully saturated rings. The second kappa shape index (κ2) is 132. The largest absolute Gasteiger partial charge is 0.412 e. The maximum absolute atomic E-state index is 7.28. The van der Waals surface area contributed by atoms with Crippen molar-refractivity contribution in [1.82, 2.24) is 6.15 Å². The van der Waals surface area contributed by atoms with Crippen molar-refractivity contribution in [2.75, 3.05) is 0 Å². The third-order valence-corrected chi connectivity index (χ3v) is 0.443. The molecule has 0 amide bonds. The van der Waals surface area contributed by atoms with E-state index in [0.29, 0.717) is 0 Å². The first-order chi connectivity index (χ1) is 18.0. The van der Waals surface area contributed by atoms with Gasteiger partial charge in [-0.1, -0.05) is 5.04 Å². The summed E-state index contributed by atoms with van der Waals surface area (Å²) in [7, 11) is 0. The van der Waals surface area contributed by atoms with Crippen molar-refractivity contribution in [3.8, 4) is 0 Å². The molecule has 0 saturated carbocycles. The Hall–Kier alpha value is -1.86. The molecule has 256 valence electrons. The van der Waals surface area contributed by atoms with E-state index in [9.17, 15) is 0 Å². The Balaban J connectivity index is -0.0000000275. The molecule has 0 radical (unpaired) electrons. The summed E-state index contributed by atoms with van der Waals surface area (Å²) in [5.74, 6) is 0. The van der Waals surface area contributed by atoms with Crippen LogP contribution < -0.4 is 6.15 Å². The van der Waals surface area contributed by atoms with Crippen molar-refractivity contribution in [3.63, 3.8) is 0 Å². The van der Waals surface area contributed by atoms with E-state index < -0.39 is 0 Å². The molecule has 0 aliphatic heterocycles. The van der Waals surface area contributed by atoms with Crippen LogP contribution in [0.15, 0.2) is 0 Å². The van der Waals surface area contributed by atoms with E-state index >= 15 is 0 Å². The van der Waals surface area contributed by atoms with Crippen molar-refractivity contribution in [2.24, 2.45) is 0 Å². The SMILES string of the molecule is N.N#N.O.O=O.OOO.OOOO.OOOOO.OOOOOO.OOOOOOO.OOOOOOOO.[Fe]. The number of rotatable bonds is 15. The van der Waals surface area contributed by atoms with Crippen LogP contribution in [-0.2, 0) is 123 Å². The Morgan fingerprint density at radius 2 is 0.450 bits per heavy atom. The number of hydrogen-bond donors (Lipinski definition) is 13. The third-order valence-electron chi connectivity index (χ3n) is 0.443. The number of hydrogen-bond acceptors (Lipinski definition) is 38. The molecule has 40 heavy (non-hydrogen) atoms. The van der Waals surface area contributed by atoms with Gasteiger partial charge in [0, 0.05) is 37.8 Å². The molecule has 0 aromatic rings. The van der Waals surface area contributed by atoms with Crippen LogP contribution in [0.1, 0.15) is 0 Å². The predicted octanol–water partition coefficient (Wildman–Crippen LogP) is -1.90. The van der Waals surface area contributed by atoms with Crippen molar-refractivity contribution in [1.29, 1.82) is 10.8 Å². The molecule has 17 N–H and O–H groups in total. The summed E-state index contributed by atoms with van der Waals surface area (Å²) < 4.78 is 0. The van der Waals surface area contributed by atoms with Crippen LogP contribution in [0.4, 0.5) is 0 Å². The summed E-state index contributed by atoms with van der Waals surface area (Å²) >= 11 is 0. The van der Waals surface area contributed by atoms with E-state index in [2.05, 4.69) is 106 Å². The Bertz CT molecular complexity index is 231. The van der Waals surface area contributed by atoms with Gasteiger partial charge in [0.15, 0.2) is 0 Å². The van der Waals surface area contributed by atoms with Crippen LogP contribution in [0.25, 0.3) is 0 Å². The molecule has 40 heteroatoms. The predicted molar refractivity (Wildman–Crippen MR) is 73.2 cm³/mol. The molecule has 39 nitrogen and oxygen atoms in total. The first-order valence-corrected chi connectivity index (χ1v) is 5.06. The molecule has 0 rings (SSSR count).